The third kappa shape index (κ3) is 3.57. The van der Waals surface area contributed by atoms with Crippen molar-refractivity contribution in [3.63, 3.8) is 0 Å². The molecule has 1 amide bonds. The van der Waals surface area contributed by atoms with Crippen molar-refractivity contribution >= 4 is 5.91 Å². The van der Waals surface area contributed by atoms with Gasteiger partial charge in [-0.2, -0.15) is 0 Å². The number of morpholine rings is 1. The number of hydrogen-bond acceptors (Lipinski definition) is 5. The molecule has 3 fully saturated rings. The molecule has 25 heavy (non-hydrogen) atoms. The molecule has 1 aromatic rings. The van der Waals surface area contributed by atoms with E-state index in [2.05, 4.69) is 39.2 Å². The van der Waals surface area contributed by atoms with Crippen molar-refractivity contribution in [2.24, 2.45) is 0 Å². The number of aromatic nitrogens is 1. The molecule has 4 rings (SSSR count). The van der Waals surface area contributed by atoms with Crippen LogP contribution in [0.5, 0.6) is 0 Å². The Labute approximate surface area is 149 Å². The second-order valence-corrected chi connectivity index (χ2v) is 7.49. The van der Waals surface area contributed by atoms with Crippen molar-refractivity contribution in [1.29, 1.82) is 0 Å². The molecule has 1 N–H and O–H groups in total. The van der Waals surface area contributed by atoms with Gasteiger partial charge in [-0.15, -0.1) is 0 Å². The fourth-order valence-electron chi connectivity index (χ4n) is 4.66. The zero-order chi connectivity index (χ0) is 17.2. The highest BCUT2D eigenvalue weighted by Crippen LogP contribution is 2.34. The van der Waals surface area contributed by atoms with Gasteiger partial charge in [-0.25, -0.2) is 0 Å². The number of carbonyl (C=O) groups is 1. The summed E-state index contributed by atoms with van der Waals surface area (Å²) in [7, 11) is 0. The maximum absolute atomic E-state index is 12.4. The van der Waals surface area contributed by atoms with Gasteiger partial charge in [0.25, 0.3) is 0 Å². The first-order valence-electron chi connectivity index (χ1n) is 9.52. The first kappa shape index (κ1) is 16.9. The lowest BCUT2D eigenvalue weighted by molar-refractivity contribution is -0.130. The average molecular weight is 344 g/mol. The standard InChI is InChI=1S/C19H28N4O2/c1-14-13-25-10-9-22(14)15-11-18(21-19(24)12-15)23-8-4-6-17(23)16-5-2-3-7-20-16/h2-3,5,7,14-15,17-18H,4,6,8-13H2,1H3,(H,21,24)/t14-,15?,17?,18?/m1/s1. The van der Waals surface area contributed by atoms with Gasteiger partial charge < -0.3 is 10.1 Å². The van der Waals surface area contributed by atoms with E-state index in [1.807, 2.05) is 12.3 Å². The Hall–Kier alpha value is -1.50. The molecule has 4 heterocycles. The number of amides is 1. The minimum Gasteiger partial charge on any atom is -0.379 e. The summed E-state index contributed by atoms with van der Waals surface area (Å²) in [5.41, 5.74) is 1.12. The lowest BCUT2D eigenvalue weighted by Gasteiger charge is -2.45. The molecule has 1 aromatic heterocycles. The number of rotatable bonds is 3. The Bertz CT molecular complexity index is 596. The van der Waals surface area contributed by atoms with Gasteiger partial charge in [-0.3, -0.25) is 19.6 Å². The highest BCUT2D eigenvalue weighted by molar-refractivity contribution is 5.77. The van der Waals surface area contributed by atoms with Crippen LogP contribution in [0.15, 0.2) is 24.4 Å². The van der Waals surface area contributed by atoms with E-state index in [-0.39, 0.29) is 12.1 Å². The summed E-state index contributed by atoms with van der Waals surface area (Å²) in [6.07, 6.45) is 5.83. The zero-order valence-corrected chi connectivity index (χ0v) is 14.9. The molecule has 0 aliphatic carbocycles. The van der Waals surface area contributed by atoms with Gasteiger partial charge >= 0.3 is 0 Å². The van der Waals surface area contributed by atoms with Crippen molar-refractivity contribution < 1.29 is 9.53 Å². The predicted molar refractivity (Wildman–Crippen MR) is 94.9 cm³/mol. The summed E-state index contributed by atoms with van der Waals surface area (Å²) in [5.74, 6) is 0.173. The van der Waals surface area contributed by atoms with Crippen LogP contribution in [0.1, 0.15) is 44.3 Å². The van der Waals surface area contributed by atoms with Crippen molar-refractivity contribution in [3.8, 4) is 0 Å². The summed E-state index contributed by atoms with van der Waals surface area (Å²) in [5, 5.41) is 3.24. The van der Waals surface area contributed by atoms with Crippen LogP contribution in [0.4, 0.5) is 0 Å². The third-order valence-electron chi connectivity index (χ3n) is 5.86. The quantitative estimate of drug-likeness (QED) is 0.901. The highest BCUT2D eigenvalue weighted by Gasteiger charge is 2.40. The van der Waals surface area contributed by atoms with Crippen LogP contribution in [0.2, 0.25) is 0 Å². The van der Waals surface area contributed by atoms with E-state index in [1.54, 1.807) is 0 Å². The zero-order valence-electron chi connectivity index (χ0n) is 14.9. The van der Waals surface area contributed by atoms with E-state index in [9.17, 15) is 4.79 Å². The Morgan fingerprint density at radius 2 is 2.20 bits per heavy atom. The second kappa shape index (κ2) is 7.40. The molecule has 3 aliphatic rings. The van der Waals surface area contributed by atoms with Crippen molar-refractivity contribution in [1.82, 2.24) is 20.1 Å². The average Bonchev–Trinajstić information content (AvgIpc) is 3.12. The molecule has 0 aromatic carbocycles. The number of piperidine rings is 1. The number of likely N-dealkylation sites (tertiary alicyclic amines) is 1. The fraction of sp³-hybridized carbons (Fsp3) is 0.684. The Balaban J connectivity index is 1.50. The molecule has 3 saturated heterocycles. The van der Waals surface area contributed by atoms with Gasteiger partial charge in [0.05, 0.1) is 31.1 Å². The molecule has 136 valence electrons. The molecule has 0 saturated carbocycles. The van der Waals surface area contributed by atoms with Crippen molar-refractivity contribution in [2.45, 2.75) is 56.9 Å². The largest absolute Gasteiger partial charge is 0.379 e. The van der Waals surface area contributed by atoms with Gasteiger partial charge in [0.15, 0.2) is 0 Å². The number of carbonyl (C=O) groups excluding carboxylic acids is 1. The van der Waals surface area contributed by atoms with E-state index in [4.69, 9.17) is 4.74 Å². The molecule has 6 nitrogen and oxygen atoms in total. The van der Waals surface area contributed by atoms with E-state index in [0.717, 1.165) is 51.3 Å². The molecule has 4 atom stereocenters. The minimum atomic E-state index is 0.107. The SMILES string of the molecule is C[C@@H]1COCCN1C1CC(=O)NC(N2CCCC2c2ccccn2)C1. The van der Waals surface area contributed by atoms with E-state index in [0.29, 0.717) is 24.5 Å². The van der Waals surface area contributed by atoms with Crippen LogP contribution in [0.3, 0.4) is 0 Å². The van der Waals surface area contributed by atoms with Crippen LogP contribution in [-0.2, 0) is 9.53 Å². The van der Waals surface area contributed by atoms with Crippen LogP contribution in [-0.4, -0.2) is 65.2 Å². The molecule has 0 spiro atoms. The topological polar surface area (TPSA) is 57.7 Å². The van der Waals surface area contributed by atoms with Gasteiger partial charge in [0.1, 0.15) is 0 Å². The van der Waals surface area contributed by atoms with Crippen molar-refractivity contribution in [3.05, 3.63) is 30.1 Å². The second-order valence-electron chi connectivity index (χ2n) is 7.49. The van der Waals surface area contributed by atoms with Gasteiger partial charge in [-0.1, -0.05) is 6.07 Å². The number of nitrogens with one attached hydrogen (secondary N) is 1. The maximum Gasteiger partial charge on any atom is 0.222 e. The summed E-state index contributed by atoms with van der Waals surface area (Å²) < 4.78 is 5.57. The third-order valence-corrected chi connectivity index (χ3v) is 5.86. The van der Waals surface area contributed by atoms with Crippen LogP contribution in [0, 0.1) is 0 Å². The monoisotopic (exact) mass is 344 g/mol. The van der Waals surface area contributed by atoms with Crippen LogP contribution in [0.25, 0.3) is 0 Å². The van der Waals surface area contributed by atoms with Gasteiger partial charge in [0, 0.05) is 37.8 Å². The lowest BCUT2D eigenvalue weighted by atomic mass is 9.97. The number of ether oxygens (including phenoxy) is 1. The Morgan fingerprint density at radius 1 is 1.28 bits per heavy atom. The van der Waals surface area contributed by atoms with Crippen LogP contribution < -0.4 is 5.32 Å². The highest BCUT2D eigenvalue weighted by atomic mass is 16.5. The predicted octanol–water partition coefficient (Wildman–Crippen LogP) is 1.54. The summed E-state index contributed by atoms with van der Waals surface area (Å²) in [6, 6.07) is 7.12. The minimum absolute atomic E-state index is 0.107. The first-order valence-corrected chi connectivity index (χ1v) is 9.52. The normalized spacial score (nSPS) is 34.8. The van der Waals surface area contributed by atoms with Crippen molar-refractivity contribution in [2.75, 3.05) is 26.3 Å². The molecule has 3 aliphatic heterocycles. The first-order chi connectivity index (χ1) is 12.2. The molecular weight excluding hydrogens is 316 g/mol. The van der Waals surface area contributed by atoms with E-state index in [1.165, 1.54) is 0 Å². The van der Waals surface area contributed by atoms with Gasteiger partial charge in [-0.05, 0) is 38.3 Å². The van der Waals surface area contributed by atoms with E-state index < -0.39 is 0 Å². The summed E-state index contributed by atoms with van der Waals surface area (Å²) in [6.45, 7) is 5.69. The van der Waals surface area contributed by atoms with Gasteiger partial charge in [0.2, 0.25) is 5.91 Å². The maximum atomic E-state index is 12.4. The van der Waals surface area contributed by atoms with E-state index >= 15 is 0 Å². The Morgan fingerprint density at radius 3 is 3.00 bits per heavy atom. The molecule has 0 bridgehead atoms. The van der Waals surface area contributed by atoms with Crippen LogP contribution >= 0.6 is 0 Å². The molecular formula is C19H28N4O2. The number of hydrogen-bond donors (Lipinski definition) is 1. The molecule has 6 heteroatoms. The lowest BCUT2D eigenvalue weighted by Crippen LogP contribution is -2.59. The fourth-order valence-corrected chi connectivity index (χ4v) is 4.66. The smallest absolute Gasteiger partial charge is 0.222 e. The summed E-state index contributed by atoms with van der Waals surface area (Å²) in [4.78, 5) is 21.9. The number of pyridine rings is 1. The Kier molecular flexibility index (Phi) is 5.01. The summed E-state index contributed by atoms with van der Waals surface area (Å²) >= 11 is 0. The number of nitrogens with zero attached hydrogens (tertiary/aromatic N) is 3. The molecule has 0 radical (unpaired) electrons. The molecule has 3 unspecified atom stereocenters.